The molecule has 0 atom stereocenters. The molecule has 6 nitrogen and oxygen atoms in total. The Kier molecular flexibility index (Phi) is 4.15. The number of ether oxygens (including phenoxy) is 2. The van der Waals surface area contributed by atoms with E-state index in [0.29, 0.717) is 12.2 Å². The van der Waals surface area contributed by atoms with E-state index < -0.39 is 0 Å². The average Bonchev–Trinajstić information content (AvgIpc) is 2.43. The number of nitrogens with two attached hydrogens (primary N) is 1. The molecule has 0 radical (unpaired) electrons. The number of benzene rings is 1. The second-order valence-corrected chi connectivity index (χ2v) is 3.82. The molecule has 1 heterocycles. The van der Waals surface area contributed by atoms with Crippen LogP contribution in [0.4, 0.5) is 5.69 Å². The zero-order chi connectivity index (χ0) is 13.7. The SMILES string of the molecule is COc1ncnc(Oc2ccc(CCO)cc2)c1N. The molecule has 3 N–H and O–H groups in total. The van der Waals surface area contributed by atoms with Crippen molar-refractivity contribution >= 4 is 5.69 Å². The first-order valence-corrected chi connectivity index (χ1v) is 5.76. The molecule has 6 heteroatoms. The molecule has 0 saturated carbocycles. The van der Waals surface area contributed by atoms with Gasteiger partial charge in [-0.25, -0.2) is 0 Å². The van der Waals surface area contributed by atoms with Gasteiger partial charge in [0.2, 0.25) is 11.8 Å². The highest BCUT2D eigenvalue weighted by Gasteiger charge is 2.10. The maximum atomic E-state index is 8.84. The van der Waals surface area contributed by atoms with Crippen LogP contribution in [0.1, 0.15) is 5.56 Å². The van der Waals surface area contributed by atoms with Crippen LogP contribution >= 0.6 is 0 Å². The van der Waals surface area contributed by atoms with Crippen molar-refractivity contribution in [3.05, 3.63) is 36.2 Å². The van der Waals surface area contributed by atoms with E-state index in [-0.39, 0.29) is 24.1 Å². The molecule has 19 heavy (non-hydrogen) atoms. The first-order valence-electron chi connectivity index (χ1n) is 5.76. The molecule has 2 aromatic rings. The van der Waals surface area contributed by atoms with Gasteiger partial charge in [0, 0.05) is 6.61 Å². The minimum Gasteiger partial charge on any atom is -0.479 e. The minimum atomic E-state index is 0.121. The largest absolute Gasteiger partial charge is 0.479 e. The zero-order valence-corrected chi connectivity index (χ0v) is 10.5. The van der Waals surface area contributed by atoms with E-state index in [1.807, 2.05) is 12.1 Å². The first kappa shape index (κ1) is 13.1. The quantitative estimate of drug-likeness (QED) is 0.845. The standard InChI is InChI=1S/C13H15N3O3/c1-18-12-11(14)13(16-8-15-12)19-10-4-2-9(3-5-10)6-7-17/h2-5,8,17H,6-7,14H2,1H3. The Bertz CT molecular complexity index is 543. The molecule has 1 aromatic heterocycles. The van der Waals surface area contributed by atoms with Gasteiger partial charge in [-0.05, 0) is 24.1 Å². The number of aromatic nitrogens is 2. The van der Waals surface area contributed by atoms with Crippen molar-refractivity contribution in [3.63, 3.8) is 0 Å². The van der Waals surface area contributed by atoms with Crippen LogP contribution in [-0.4, -0.2) is 28.8 Å². The number of nitrogens with zero attached hydrogens (tertiary/aromatic N) is 2. The number of hydrogen-bond donors (Lipinski definition) is 2. The van der Waals surface area contributed by atoms with Crippen molar-refractivity contribution in [2.75, 3.05) is 19.5 Å². The fourth-order valence-corrected chi connectivity index (χ4v) is 1.57. The van der Waals surface area contributed by atoms with E-state index in [9.17, 15) is 0 Å². The van der Waals surface area contributed by atoms with Crippen LogP contribution in [0.15, 0.2) is 30.6 Å². The Morgan fingerprint density at radius 3 is 2.47 bits per heavy atom. The van der Waals surface area contributed by atoms with E-state index in [4.69, 9.17) is 20.3 Å². The Morgan fingerprint density at radius 1 is 1.16 bits per heavy atom. The van der Waals surface area contributed by atoms with Gasteiger partial charge in [-0.1, -0.05) is 12.1 Å². The molecule has 0 bridgehead atoms. The van der Waals surface area contributed by atoms with Gasteiger partial charge >= 0.3 is 0 Å². The van der Waals surface area contributed by atoms with Crippen LogP contribution < -0.4 is 15.2 Å². The lowest BCUT2D eigenvalue weighted by Crippen LogP contribution is -2.00. The summed E-state index contributed by atoms with van der Waals surface area (Å²) in [5.41, 5.74) is 7.10. The summed E-state index contributed by atoms with van der Waals surface area (Å²) >= 11 is 0. The smallest absolute Gasteiger partial charge is 0.249 e. The molecule has 2 rings (SSSR count). The van der Waals surface area contributed by atoms with Crippen LogP contribution in [0, 0.1) is 0 Å². The highest BCUT2D eigenvalue weighted by Crippen LogP contribution is 2.30. The van der Waals surface area contributed by atoms with Crippen molar-refractivity contribution in [2.24, 2.45) is 0 Å². The highest BCUT2D eigenvalue weighted by atomic mass is 16.5. The second kappa shape index (κ2) is 6.01. The van der Waals surface area contributed by atoms with Crippen molar-refractivity contribution in [1.82, 2.24) is 9.97 Å². The fraction of sp³-hybridized carbons (Fsp3) is 0.231. The molecule has 0 fully saturated rings. The van der Waals surface area contributed by atoms with E-state index in [1.54, 1.807) is 12.1 Å². The van der Waals surface area contributed by atoms with Crippen molar-refractivity contribution in [2.45, 2.75) is 6.42 Å². The summed E-state index contributed by atoms with van der Waals surface area (Å²) in [6.45, 7) is 0.121. The normalized spacial score (nSPS) is 10.2. The predicted molar refractivity (Wildman–Crippen MR) is 70.3 cm³/mol. The van der Waals surface area contributed by atoms with Crippen molar-refractivity contribution in [1.29, 1.82) is 0 Å². The number of aliphatic hydroxyl groups excluding tert-OH is 1. The second-order valence-electron chi connectivity index (χ2n) is 3.82. The monoisotopic (exact) mass is 261 g/mol. The van der Waals surface area contributed by atoms with E-state index >= 15 is 0 Å². The average molecular weight is 261 g/mol. The van der Waals surface area contributed by atoms with Gasteiger partial charge in [0.05, 0.1) is 7.11 Å². The Morgan fingerprint density at radius 2 is 1.84 bits per heavy atom. The molecular weight excluding hydrogens is 246 g/mol. The van der Waals surface area contributed by atoms with Crippen molar-refractivity contribution < 1.29 is 14.6 Å². The summed E-state index contributed by atoms with van der Waals surface area (Å²) in [5, 5.41) is 8.84. The van der Waals surface area contributed by atoms with E-state index in [1.165, 1.54) is 13.4 Å². The summed E-state index contributed by atoms with van der Waals surface area (Å²) in [6, 6.07) is 7.33. The minimum absolute atomic E-state index is 0.121. The molecule has 0 aliphatic heterocycles. The van der Waals surface area contributed by atoms with Crippen LogP contribution in [0.2, 0.25) is 0 Å². The summed E-state index contributed by atoms with van der Waals surface area (Å²) in [6.07, 6.45) is 1.94. The number of methoxy groups -OCH3 is 1. The van der Waals surface area contributed by atoms with Gasteiger partial charge in [-0.15, -0.1) is 0 Å². The molecule has 0 aliphatic rings. The Labute approximate surface area is 110 Å². The van der Waals surface area contributed by atoms with E-state index in [0.717, 1.165) is 5.56 Å². The predicted octanol–water partition coefficient (Wildman–Crippen LogP) is 1.39. The number of rotatable bonds is 5. The molecule has 100 valence electrons. The lowest BCUT2D eigenvalue weighted by molar-refractivity contribution is 0.299. The summed E-state index contributed by atoms with van der Waals surface area (Å²) in [5.74, 6) is 1.14. The van der Waals surface area contributed by atoms with Gasteiger partial charge in [0.25, 0.3) is 0 Å². The molecule has 0 spiro atoms. The fourth-order valence-electron chi connectivity index (χ4n) is 1.57. The number of hydrogen-bond acceptors (Lipinski definition) is 6. The maximum Gasteiger partial charge on any atom is 0.249 e. The lowest BCUT2D eigenvalue weighted by Gasteiger charge is -2.09. The summed E-state index contributed by atoms with van der Waals surface area (Å²) < 4.78 is 10.6. The third-order valence-corrected chi connectivity index (χ3v) is 2.54. The topological polar surface area (TPSA) is 90.5 Å². The third kappa shape index (κ3) is 3.11. The Balaban J connectivity index is 2.16. The summed E-state index contributed by atoms with van der Waals surface area (Å²) in [4.78, 5) is 7.83. The number of aliphatic hydroxyl groups is 1. The molecule has 0 amide bonds. The van der Waals surface area contributed by atoms with Gasteiger partial charge in [-0.2, -0.15) is 9.97 Å². The zero-order valence-electron chi connectivity index (χ0n) is 10.5. The Hall–Kier alpha value is -2.34. The third-order valence-electron chi connectivity index (χ3n) is 2.54. The van der Waals surface area contributed by atoms with Crippen LogP contribution in [-0.2, 0) is 6.42 Å². The van der Waals surface area contributed by atoms with Gasteiger partial charge < -0.3 is 20.3 Å². The van der Waals surface area contributed by atoms with Crippen LogP contribution in [0.5, 0.6) is 17.5 Å². The molecule has 0 unspecified atom stereocenters. The molecule has 0 aliphatic carbocycles. The van der Waals surface area contributed by atoms with Crippen LogP contribution in [0.3, 0.4) is 0 Å². The lowest BCUT2D eigenvalue weighted by atomic mass is 10.1. The number of anilines is 1. The molecule has 1 aromatic carbocycles. The first-order chi connectivity index (χ1) is 9.24. The number of nitrogen functional groups attached to an aromatic ring is 1. The van der Waals surface area contributed by atoms with Gasteiger partial charge in [-0.3, -0.25) is 0 Å². The maximum absolute atomic E-state index is 8.84. The van der Waals surface area contributed by atoms with Crippen molar-refractivity contribution in [3.8, 4) is 17.5 Å². The van der Waals surface area contributed by atoms with Crippen LogP contribution in [0.25, 0.3) is 0 Å². The van der Waals surface area contributed by atoms with Gasteiger partial charge in [0.1, 0.15) is 12.1 Å². The van der Waals surface area contributed by atoms with Gasteiger partial charge in [0.15, 0.2) is 5.69 Å². The van der Waals surface area contributed by atoms with E-state index in [2.05, 4.69) is 9.97 Å². The molecule has 0 saturated heterocycles. The molecular formula is C13H15N3O3. The summed E-state index contributed by atoms with van der Waals surface area (Å²) in [7, 11) is 1.48. The highest BCUT2D eigenvalue weighted by molar-refractivity contribution is 5.56.